The molecule has 6 nitrogen and oxygen atoms in total. The molecule has 0 aliphatic carbocycles. The smallest absolute Gasteiger partial charge is 0.346 e. The van der Waals surface area contributed by atoms with Gasteiger partial charge in [-0.3, -0.25) is 0 Å². The van der Waals surface area contributed by atoms with Crippen molar-refractivity contribution in [2.24, 2.45) is 0 Å². The first-order valence-electron chi connectivity index (χ1n) is 15.1. The van der Waals surface area contributed by atoms with Crippen LogP contribution in [0.15, 0.2) is 155 Å². The summed E-state index contributed by atoms with van der Waals surface area (Å²) in [6.45, 7) is 0. The molecule has 6 heteroatoms. The van der Waals surface area contributed by atoms with E-state index < -0.39 is 0 Å². The van der Waals surface area contributed by atoms with E-state index in [0.717, 1.165) is 55.0 Å². The Morgan fingerprint density at radius 3 is 1.76 bits per heavy atom. The molecule has 6 aromatic carbocycles. The molecule has 0 aliphatic heterocycles. The number of benzene rings is 6. The molecule has 0 fully saturated rings. The number of hydrogen-bond donors (Lipinski definition) is 0. The minimum absolute atomic E-state index is 0.364. The van der Waals surface area contributed by atoms with Crippen molar-refractivity contribution >= 4 is 43.5 Å². The molecule has 0 radical (unpaired) electrons. The number of nitrogens with zero attached hydrogens (tertiary/aromatic N) is 4. The molecule has 46 heavy (non-hydrogen) atoms. The van der Waals surface area contributed by atoms with Crippen LogP contribution >= 0.6 is 0 Å². The molecule has 9 rings (SSSR count). The second kappa shape index (κ2) is 10.4. The maximum absolute atomic E-state index is 13.7. The van der Waals surface area contributed by atoms with Gasteiger partial charge >= 0.3 is 5.63 Å². The topological polar surface area (TPSA) is 73.8 Å². The molecule has 3 heterocycles. The Bertz CT molecular complexity index is 2600. The molecule has 216 valence electrons. The van der Waals surface area contributed by atoms with E-state index in [1.165, 1.54) is 0 Å². The van der Waals surface area contributed by atoms with E-state index in [4.69, 9.17) is 19.4 Å². The van der Waals surface area contributed by atoms with E-state index in [1.54, 1.807) is 0 Å². The quantitative estimate of drug-likeness (QED) is 0.150. The Morgan fingerprint density at radius 2 is 1.04 bits per heavy atom. The molecule has 0 amide bonds. The predicted molar refractivity (Wildman–Crippen MR) is 184 cm³/mol. The van der Waals surface area contributed by atoms with Crippen molar-refractivity contribution in [2.75, 3.05) is 0 Å². The minimum Gasteiger partial charge on any atom is -0.422 e. The molecule has 3 aromatic heterocycles. The average Bonchev–Trinajstić information content (AvgIpc) is 3.47. The van der Waals surface area contributed by atoms with Gasteiger partial charge in [0.2, 0.25) is 0 Å². The van der Waals surface area contributed by atoms with E-state index in [1.807, 2.05) is 121 Å². The molecule has 0 aliphatic rings. The van der Waals surface area contributed by atoms with Crippen LogP contribution in [0.2, 0.25) is 0 Å². The molecule has 0 unspecified atom stereocenters. The van der Waals surface area contributed by atoms with Gasteiger partial charge in [-0.1, -0.05) is 121 Å². The summed E-state index contributed by atoms with van der Waals surface area (Å²) in [4.78, 5) is 28.4. The summed E-state index contributed by atoms with van der Waals surface area (Å²) < 4.78 is 8.03. The highest BCUT2D eigenvalue weighted by Gasteiger charge is 2.20. The Balaban J connectivity index is 1.32. The van der Waals surface area contributed by atoms with Crippen LogP contribution in [0.5, 0.6) is 0 Å². The van der Waals surface area contributed by atoms with Crippen LogP contribution in [-0.2, 0) is 0 Å². The molecule has 0 saturated heterocycles. The number of para-hydroxylation sites is 2. The summed E-state index contributed by atoms with van der Waals surface area (Å²) in [6, 6.07) is 48.1. The maximum atomic E-state index is 13.7. The molecule has 0 bridgehead atoms. The first kappa shape index (κ1) is 26.0. The second-order valence-corrected chi connectivity index (χ2v) is 11.2. The third-order valence-electron chi connectivity index (χ3n) is 8.48. The first-order chi connectivity index (χ1) is 22.7. The number of aromatic nitrogens is 4. The monoisotopic (exact) mass is 592 g/mol. The van der Waals surface area contributed by atoms with Crippen LogP contribution in [0, 0.1) is 0 Å². The average molecular weight is 593 g/mol. The molecule has 0 atom stereocenters. The van der Waals surface area contributed by atoms with Crippen molar-refractivity contribution in [2.45, 2.75) is 0 Å². The zero-order valence-electron chi connectivity index (χ0n) is 24.5. The van der Waals surface area contributed by atoms with Gasteiger partial charge in [-0.25, -0.2) is 19.7 Å². The normalized spacial score (nSPS) is 11.6. The number of hydrogen-bond acceptors (Lipinski definition) is 5. The summed E-state index contributed by atoms with van der Waals surface area (Å²) >= 11 is 0. The lowest BCUT2D eigenvalue weighted by Gasteiger charge is -2.12. The fourth-order valence-electron chi connectivity index (χ4n) is 6.41. The largest absolute Gasteiger partial charge is 0.422 e. The SMILES string of the molecule is O=c1oc2ccccc2c2ccc3c4ccccc4n(-c4cccc(-c5nc(-c6ccccc6)nc(-c6ccccc6)n5)c4)c3c12. The van der Waals surface area contributed by atoms with Crippen LogP contribution in [0.25, 0.3) is 83.4 Å². The van der Waals surface area contributed by atoms with Crippen molar-refractivity contribution in [1.82, 2.24) is 19.5 Å². The van der Waals surface area contributed by atoms with E-state index in [-0.39, 0.29) is 5.63 Å². The Hall–Kier alpha value is -6.40. The number of fused-ring (bicyclic) bond motifs is 7. The van der Waals surface area contributed by atoms with Crippen molar-refractivity contribution in [3.05, 3.63) is 156 Å². The van der Waals surface area contributed by atoms with Gasteiger partial charge in [0.1, 0.15) is 5.58 Å². The Labute approximate surface area is 262 Å². The summed E-state index contributed by atoms with van der Waals surface area (Å²) in [5.41, 5.74) is 5.53. The fraction of sp³-hybridized carbons (Fsp3) is 0. The standard InChI is InChI=1S/C40H24N4O2/c45-40-35-31(30-19-8-10-21-34(30)46-40)22-23-32-29-18-7-9-20-33(29)44(36(32)35)28-17-11-16-27(24-28)39-42-37(25-12-3-1-4-13-25)41-38(43-39)26-14-5-2-6-15-26/h1-24H. The molecular weight excluding hydrogens is 568 g/mol. The second-order valence-electron chi connectivity index (χ2n) is 11.2. The predicted octanol–water partition coefficient (Wildman–Crippen LogP) is 9.23. The highest BCUT2D eigenvalue weighted by molar-refractivity contribution is 6.21. The third kappa shape index (κ3) is 4.12. The fourth-order valence-corrected chi connectivity index (χ4v) is 6.41. The van der Waals surface area contributed by atoms with Gasteiger partial charge in [0.05, 0.1) is 16.4 Å². The lowest BCUT2D eigenvalue weighted by molar-refractivity contribution is 0.570. The molecular formula is C40H24N4O2. The lowest BCUT2D eigenvalue weighted by Crippen LogP contribution is -2.04. The van der Waals surface area contributed by atoms with Gasteiger partial charge in [0.25, 0.3) is 0 Å². The maximum Gasteiger partial charge on any atom is 0.346 e. The van der Waals surface area contributed by atoms with Crippen LogP contribution in [0.4, 0.5) is 0 Å². The summed E-state index contributed by atoms with van der Waals surface area (Å²) in [6.07, 6.45) is 0. The lowest BCUT2D eigenvalue weighted by atomic mass is 10.0. The van der Waals surface area contributed by atoms with E-state index in [2.05, 4.69) is 28.8 Å². The van der Waals surface area contributed by atoms with Crippen LogP contribution in [-0.4, -0.2) is 19.5 Å². The van der Waals surface area contributed by atoms with E-state index in [9.17, 15) is 4.79 Å². The molecule has 0 spiro atoms. The van der Waals surface area contributed by atoms with Gasteiger partial charge in [-0.05, 0) is 24.3 Å². The van der Waals surface area contributed by atoms with Crippen molar-refractivity contribution in [3.63, 3.8) is 0 Å². The van der Waals surface area contributed by atoms with Gasteiger partial charge in [0.15, 0.2) is 17.5 Å². The molecule has 0 saturated carbocycles. The molecule has 0 N–H and O–H groups in total. The van der Waals surface area contributed by atoms with Gasteiger partial charge in [0, 0.05) is 43.9 Å². The summed E-state index contributed by atoms with van der Waals surface area (Å²) in [5.74, 6) is 1.76. The Morgan fingerprint density at radius 1 is 0.478 bits per heavy atom. The minimum atomic E-state index is -0.364. The van der Waals surface area contributed by atoms with Crippen LogP contribution < -0.4 is 5.63 Å². The zero-order chi connectivity index (χ0) is 30.6. The van der Waals surface area contributed by atoms with Gasteiger partial charge in [-0.15, -0.1) is 0 Å². The van der Waals surface area contributed by atoms with E-state index >= 15 is 0 Å². The summed E-state index contributed by atoms with van der Waals surface area (Å²) in [7, 11) is 0. The van der Waals surface area contributed by atoms with Crippen molar-refractivity contribution in [1.29, 1.82) is 0 Å². The molecule has 9 aromatic rings. The Kier molecular flexibility index (Phi) is 5.86. The van der Waals surface area contributed by atoms with Crippen LogP contribution in [0.3, 0.4) is 0 Å². The van der Waals surface area contributed by atoms with E-state index in [0.29, 0.717) is 28.4 Å². The van der Waals surface area contributed by atoms with Crippen molar-refractivity contribution < 1.29 is 4.42 Å². The summed E-state index contributed by atoms with van der Waals surface area (Å²) in [5, 5.41) is 4.34. The van der Waals surface area contributed by atoms with Gasteiger partial charge in [-0.2, -0.15) is 0 Å². The van der Waals surface area contributed by atoms with Crippen LogP contribution in [0.1, 0.15) is 0 Å². The third-order valence-corrected chi connectivity index (χ3v) is 8.48. The van der Waals surface area contributed by atoms with Crippen molar-refractivity contribution in [3.8, 4) is 39.9 Å². The zero-order valence-corrected chi connectivity index (χ0v) is 24.5. The number of rotatable bonds is 4. The highest BCUT2D eigenvalue weighted by atomic mass is 16.4. The first-order valence-corrected chi connectivity index (χ1v) is 15.1. The van der Waals surface area contributed by atoms with Gasteiger partial charge < -0.3 is 8.98 Å². The highest BCUT2D eigenvalue weighted by Crippen LogP contribution is 2.38.